The van der Waals surface area contributed by atoms with Gasteiger partial charge in [0.05, 0.1) is 15.6 Å². The Morgan fingerprint density at radius 3 is 2.29 bits per heavy atom. The molecule has 126 valence electrons. The fraction of sp³-hybridized carbons (Fsp3) is 0.0667. The molecule has 2 aromatic carbocycles. The van der Waals surface area contributed by atoms with Crippen molar-refractivity contribution in [3.63, 3.8) is 0 Å². The minimum Gasteiger partial charge on any atom is -0.480 e. The van der Waals surface area contributed by atoms with Crippen molar-refractivity contribution in [2.45, 2.75) is 9.72 Å². The molecule has 0 aliphatic rings. The van der Waals surface area contributed by atoms with Gasteiger partial charge in [0.15, 0.2) is 10.6 Å². The zero-order valence-corrected chi connectivity index (χ0v) is 15.1. The summed E-state index contributed by atoms with van der Waals surface area (Å²) in [6.07, 6.45) is 0. The van der Waals surface area contributed by atoms with E-state index in [0.717, 1.165) is 0 Å². The second-order valence-electron chi connectivity index (χ2n) is 4.65. The number of rotatable bonds is 6. The molecular formula is C15H11BrClNO5S. The smallest absolute Gasteiger partial charge is 0.325 e. The lowest BCUT2D eigenvalue weighted by atomic mass is 10.1. The van der Waals surface area contributed by atoms with Gasteiger partial charge < -0.3 is 5.11 Å². The molecule has 2 N–H and O–H groups in total. The van der Waals surface area contributed by atoms with Crippen LogP contribution in [0.3, 0.4) is 0 Å². The van der Waals surface area contributed by atoms with Gasteiger partial charge in [-0.2, -0.15) is 0 Å². The molecule has 6 nitrogen and oxygen atoms in total. The van der Waals surface area contributed by atoms with E-state index < -0.39 is 26.6 Å². The summed E-state index contributed by atoms with van der Waals surface area (Å²) in [4.78, 5) is 21.3. The van der Waals surface area contributed by atoms with Gasteiger partial charge in [-0.05, 0) is 24.3 Å². The van der Waals surface area contributed by atoms with Crippen LogP contribution < -0.4 is 4.72 Å². The van der Waals surface area contributed by atoms with Crippen LogP contribution in [0.1, 0.15) is 10.4 Å². The first kappa shape index (κ1) is 18.4. The molecule has 0 aliphatic heterocycles. The lowest BCUT2D eigenvalue weighted by Crippen LogP contribution is -2.26. The van der Waals surface area contributed by atoms with Gasteiger partial charge in [0.1, 0.15) is 0 Å². The molecule has 1 unspecified atom stereocenters. The van der Waals surface area contributed by atoms with Crippen molar-refractivity contribution in [2.24, 2.45) is 0 Å². The Balaban J connectivity index is 2.47. The van der Waals surface area contributed by atoms with Gasteiger partial charge >= 0.3 is 5.97 Å². The highest BCUT2D eigenvalue weighted by molar-refractivity contribution is 9.10. The van der Waals surface area contributed by atoms with Gasteiger partial charge in [-0.1, -0.05) is 51.8 Å². The first-order chi connectivity index (χ1) is 11.2. The summed E-state index contributed by atoms with van der Waals surface area (Å²) in [5.41, 5.74) is -0.0867. The van der Waals surface area contributed by atoms with Gasteiger partial charge in [0, 0.05) is 5.56 Å². The number of benzene rings is 2. The summed E-state index contributed by atoms with van der Waals surface area (Å²) in [5, 5.41) is 9.12. The molecule has 0 aliphatic carbocycles. The molecule has 0 aromatic heterocycles. The van der Waals surface area contributed by atoms with Gasteiger partial charge in [-0.3, -0.25) is 14.3 Å². The summed E-state index contributed by atoms with van der Waals surface area (Å²) in [5.74, 6) is -2.28. The molecule has 9 heteroatoms. The van der Waals surface area contributed by atoms with Crippen LogP contribution in [0, 0.1) is 0 Å². The van der Waals surface area contributed by atoms with Crippen molar-refractivity contribution in [2.75, 3.05) is 4.72 Å². The average Bonchev–Trinajstić information content (AvgIpc) is 2.55. The number of para-hydroxylation sites is 1. The van der Waals surface area contributed by atoms with E-state index in [0.29, 0.717) is 0 Å². The Bertz CT molecular complexity index is 900. The number of carboxylic acid groups (broad SMARTS) is 1. The molecule has 24 heavy (non-hydrogen) atoms. The number of hydrogen-bond donors (Lipinski definition) is 2. The van der Waals surface area contributed by atoms with E-state index in [1.807, 2.05) is 0 Å². The molecule has 0 saturated heterocycles. The molecule has 0 fully saturated rings. The van der Waals surface area contributed by atoms with E-state index in [2.05, 4.69) is 20.7 Å². The van der Waals surface area contributed by atoms with E-state index in [4.69, 9.17) is 16.7 Å². The maximum atomic E-state index is 12.6. The Hall–Kier alpha value is -1.90. The number of carbonyl (C=O) groups is 2. The number of carboxylic acids is 1. The normalized spacial score (nSPS) is 12.4. The number of nitrogens with one attached hydrogen (secondary N) is 1. The van der Waals surface area contributed by atoms with Gasteiger partial charge in [-0.15, -0.1) is 0 Å². The Morgan fingerprint density at radius 1 is 1.08 bits per heavy atom. The SMILES string of the molecule is O=C(O)C(Br)C(=O)c1ccccc1S(=O)(=O)Nc1ccccc1Cl. The highest BCUT2D eigenvalue weighted by Gasteiger charge is 2.29. The van der Waals surface area contributed by atoms with E-state index in [1.165, 1.54) is 36.4 Å². The minimum absolute atomic E-state index is 0.148. The maximum absolute atomic E-state index is 12.6. The predicted molar refractivity (Wildman–Crippen MR) is 93.4 cm³/mol. The quantitative estimate of drug-likeness (QED) is 0.415. The molecule has 0 radical (unpaired) electrons. The van der Waals surface area contributed by atoms with Crippen molar-refractivity contribution >= 4 is 55.0 Å². The highest BCUT2D eigenvalue weighted by atomic mass is 79.9. The first-order valence-corrected chi connectivity index (χ1v) is 9.29. The molecule has 0 amide bonds. The summed E-state index contributed by atoms with van der Waals surface area (Å²) >= 11 is 8.67. The number of ketones is 1. The summed E-state index contributed by atoms with van der Waals surface area (Å²) in [6.45, 7) is 0. The molecule has 0 heterocycles. The third-order valence-corrected chi connectivity index (χ3v) is 5.57. The summed E-state index contributed by atoms with van der Waals surface area (Å²) in [6, 6.07) is 11.6. The minimum atomic E-state index is -4.14. The van der Waals surface area contributed by atoms with Crippen LogP contribution in [-0.2, 0) is 14.8 Å². The average molecular weight is 433 g/mol. The maximum Gasteiger partial charge on any atom is 0.325 e. The number of halogens is 2. The Labute approximate surface area is 151 Å². The molecule has 2 aromatic rings. The van der Waals surface area contributed by atoms with Crippen LogP contribution in [0.5, 0.6) is 0 Å². The van der Waals surface area contributed by atoms with E-state index in [1.54, 1.807) is 12.1 Å². The molecular weight excluding hydrogens is 422 g/mol. The van der Waals surface area contributed by atoms with Crippen LogP contribution >= 0.6 is 27.5 Å². The third-order valence-electron chi connectivity index (χ3n) is 3.01. The molecule has 0 saturated carbocycles. The van der Waals surface area contributed by atoms with Crippen molar-refractivity contribution in [3.05, 3.63) is 59.1 Å². The number of anilines is 1. The third kappa shape index (κ3) is 3.95. The standard InChI is InChI=1S/C15H11BrClNO5S/c16-13(15(20)21)14(19)9-5-1-4-8-12(9)24(22,23)18-11-7-3-2-6-10(11)17/h1-8,13,18H,(H,20,21). The highest BCUT2D eigenvalue weighted by Crippen LogP contribution is 2.26. The number of sulfonamides is 1. The van der Waals surface area contributed by atoms with Gasteiger partial charge in [-0.25, -0.2) is 8.42 Å². The number of hydrogen-bond acceptors (Lipinski definition) is 4. The number of alkyl halides is 1. The van der Waals surface area contributed by atoms with Crippen molar-refractivity contribution in [1.82, 2.24) is 0 Å². The monoisotopic (exact) mass is 431 g/mol. The zero-order valence-electron chi connectivity index (χ0n) is 11.9. The Kier molecular flexibility index (Phi) is 5.63. The van der Waals surface area contributed by atoms with Gasteiger partial charge in [0.25, 0.3) is 10.0 Å². The fourth-order valence-corrected chi connectivity index (χ4v) is 3.68. The first-order valence-electron chi connectivity index (χ1n) is 6.51. The topological polar surface area (TPSA) is 101 Å². The lowest BCUT2D eigenvalue weighted by molar-refractivity contribution is -0.135. The second kappa shape index (κ2) is 7.33. The molecule has 1 atom stereocenters. The fourth-order valence-electron chi connectivity index (χ4n) is 1.90. The molecule has 0 spiro atoms. The molecule has 0 bridgehead atoms. The van der Waals surface area contributed by atoms with Crippen molar-refractivity contribution in [3.8, 4) is 0 Å². The van der Waals surface area contributed by atoms with Crippen LogP contribution in [0.2, 0.25) is 5.02 Å². The van der Waals surface area contributed by atoms with E-state index in [9.17, 15) is 18.0 Å². The van der Waals surface area contributed by atoms with E-state index >= 15 is 0 Å². The van der Waals surface area contributed by atoms with Crippen LogP contribution in [0.4, 0.5) is 5.69 Å². The number of Topliss-reactive ketones (excluding diaryl/α,β-unsaturated/α-hetero) is 1. The second-order valence-corrected chi connectivity index (χ2v) is 7.62. The van der Waals surface area contributed by atoms with Crippen molar-refractivity contribution < 1.29 is 23.1 Å². The largest absolute Gasteiger partial charge is 0.480 e. The van der Waals surface area contributed by atoms with Crippen LogP contribution in [-0.4, -0.2) is 30.1 Å². The van der Waals surface area contributed by atoms with E-state index in [-0.39, 0.29) is 21.2 Å². The molecule has 2 rings (SSSR count). The Morgan fingerprint density at radius 2 is 1.67 bits per heavy atom. The number of carbonyl (C=O) groups excluding carboxylic acids is 1. The summed E-state index contributed by atoms with van der Waals surface area (Å²) in [7, 11) is -4.14. The lowest BCUT2D eigenvalue weighted by Gasteiger charge is -2.13. The summed E-state index contributed by atoms with van der Waals surface area (Å²) < 4.78 is 27.5. The van der Waals surface area contributed by atoms with Crippen LogP contribution in [0.15, 0.2) is 53.4 Å². The zero-order chi connectivity index (χ0) is 17.9. The van der Waals surface area contributed by atoms with Crippen LogP contribution in [0.25, 0.3) is 0 Å². The predicted octanol–water partition coefficient (Wildman–Crippen LogP) is 3.17. The van der Waals surface area contributed by atoms with Crippen molar-refractivity contribution in [1.29, 1.82) is 0 Å². The van der Waals surface area contributed by atoms with Gasteiger partial charge in [0.2, 0.25) is 0 Å². The number of aliphatic carboxylic acids is 1.